The average molecular weight is 264 g/mol. The molecule has 0 aliphatic rings. The van der Waals surface area contributed by atoms with Gasteiger partial charge in [0.25, 0.3) is 0 Å². The van der Waals surface area contributed by atoms with E-state index in [1.165, 1.54) is 11.8 Å². The molecule has 0 spiro atoms. The Hall–Kier alpha value is -1.63. The van der Waals surface area contributed by atoms with E-state index in [0.717, 1.165) is 22.5 Å². The number of hydrogen-bond donors (Lipinski definition) is 2. The minimum absolute atomic E-state index is 0.284. The molecule has 0 unspecified atom stereocenters. The highest BCUT2D eigenvalue weighted by Crippen LogP contribution is 2.25. The number of hydrogen-bond acceptors (Lipinski definition) is 6. The molecule has 2 aromatic heterocycles. The van der Waals surface area contributed by atoms with Crippen molar-refractivity contribution in [3.63, 3.8) is 0 Å². The Bertz CT molecular complexity index is 536. The number of aromatic amines is 1. The molecule has 6 nitrogen and oxygen atoms in total. The van der Waals surface area contributed by atoms with Gasteiger partial charge in [0, 0.05) is 19.0 Å². The topological polar surface area (TPSA) is 79.4 Å². The second-order valence-corrected chi connectivity index (χ2v) is 5.15. The zero-order chi connectivity index (χ0) is 13.1. The average Bonchev–Trinajstić information content (AvgIpc) is 2.74. The number of H-pyrrole nitrogens is 1. The van der Waals surface area contributed by atoms with Crippen LogP contribution >= 0.6 is 11.8 Å². The van der Waals surface area contributed by atoms with Crippen LogP contribution in [-0.2, 0) is 0 Å². The molecule has 0 saturated heterocycles. The smallest absolute Gasteiger partial charge is 0.214 e. The van der Waals surface area contributed by atoms with E-state index < -0.39 is 0 Å². The van der Waals surface area contributed by atoms with Crippen LogP contribution in [0.3, 0.4) is 0 Å². The molecule has 2 aromatic rings. The first-order valence-electron chi connectivity index (χ1n) is 5.72. The van der Waals surface area contributed by atoms with Crippen molar-refractivity contribution in [1.29, 1.82) is 0 Å². The van der Waals surface area contributed by atoms with Crippen LogP contribution in [-0.4, -0.2) is 32.2 Å². The van der Waals surface area contributed by atoms with Gasteiger partial charge >= 0.3 is 0 Å². The quantitative estimate of drug-likeness (QED) is 0.824. The highest BCUT2D eigenvalue weighted by Gasteiger charge is 2.10. The molecule has 0 aliphatic carbocycles. The molecule has 0 aromatic carbocycles. The van der Waals surface area contributed by atoms with Gasteiger partial charge < -0.3 is 5.32 Å². The van der Waals surface area contributed by atoms with Crippen LogP contribution in [0.25, 0.3) is 0 Å². The molecule has 2 N–H and O–H groups in total. The molecule has 2 heterocycles. The first kappa shape index (κ1) is 12.8. The van der Waals surface area contributed by atoms with Crippen LogP contribution in [0.2, 0.25) is 0 Å². The van der Waals surface area contributed by atoms with Crippen LogP contribution in [0.5, 0.6) is 0 Å². The molecule has 0 saturated carbocycles. The summed E-state index contributed by atoms with van der Waals surface area (Å²) in [7, 11) is 1.85. The van der Waals surface area contributed by atoms with Gasteiger partial charge in [0.2, 0.25) is 5.16 Å². The van der Waals surface area contributed by atoms with Crippen LogP contribution < -0.4 is 5.32 Å². The third-order valence-corrected chi connectivity index (χ3v) is 3.05. The first-order chi connectivity index (χ1) is 8.58. The Balaban J connectivity index is 2.29. The molecule has 0 bridgehead atoms. The van der Waals surface area contributed by atoms with Crippen LogP contribution in [0, 0.1) is 6.92 Å². The van der Waals surface area contributed by atoms with Crippen molar-refractivity contribution in [2.75, 3.05) is 12.4 Å². The summed E-state index contributed by atoms with van der Waals surface area (Å²) < 4.78 is 0. The summed E-state index contributed by atoms with van der Waals surface area (Å²) in [6, 6.07) is 1.89. The van der Waals surface area contributed by atoms with Crippen molar-refractivity contribution >= 4 is 17.6 Å². The molecule has 0 amide bonds. The highest BCUT2D eigenvalue weighted by atomic mass is 32.2. The van der Waals surface area contributed by atoms with Gasteiger partial charge in [-0.25, -0.2) is 15.0 Å². The lowest BCUT2D eigenvalue weighted by Gasteiger charge is -2.08. The molecule has 7 heteroatoms. The second kappa shape index (κ2) is 5.34. The largest absolute Gasteiger partial charge is 0.373 e. The Morgan fingerprint density at radius 2 is 2.06 bits per heavy atom. The third-order valence-electron chi connectivity index (χ3n) is 2.27. The van der Waals surface area contributed by atoms with Gasteiger partial charge in [-0.15, -0.1) is 5.10 Å². The van der Waals surface area contributed by atoms with Crippen LogP contribution in [0.4, 0.5) is 5.82 Å². The number of anilines is 1. The number of rotatable bonds is 4. The number of aromatic nitrogens is 5. The maximum absolute atomic E-state index is 4.50. The summed E-state index contributed by atoms with van der Waals surface area (Å²) in [4.78, 5) is 13.2. The molecule has 0 fully saturated rings. The van der Waals surface area contributed by atoms with Crippen molar-refractivity contribution in [3.05, 3.63) is 17.7 Å². The van der Waals surface area contributed by atoms with E-state index in [0.29, 0.717) is 5.16 Å². The number of aryl methyl sites for hydroxylation is 1. The van der Waals surface area contributed by atoms with E-state index in [-0.39, 0.29) is 5.92 Å². The van der Waals surface area contributed by atoms with Gasteiger partial charge in [-0.05, 0) is 18.7 Å². The molecular weight excluding hydrogens is 248 g/mol. The zero-order valence-corrected chi connectivity index (χ0v) is 11.7. The van der Waals surface area contributed by atoms with E-state index in [4.69, 9.17) is 0 Å². The summed E-state index contributed by atoms with van der Waals surface area (Å²) in [5.41, 5.74) is 0. The molecule has 0 aliphatic heterocycles. The summed E-state index contributed by atoms with van der Waals surface area (Å²) >= 11 is 1.42. The van der Waals surface area contributed by atoms with Gasteiger partial charge in [0.1, 0.15) is 22.5 Å². The maximum atomic E-state index is 4.50. The van der Waals surface area contributed by atoms with Gasteiger partial charge in [0.05, 0.1) is 0 Å². The van der Waals surface area contributed by atoms with Gasteiger partial charge in [-0.3, -0.25) is 5.10 Å². The van der Waals surface area contributed by atoms with Crippen LogP contribution in [0.1, 0.15) is 31.4 Å². The predicted octanol–water partition coefficient (Wildman–Crippen LogP) is 2.22. The van der Waals surface area contributed by atoms with E-state index in [2.05, 4.69) is 44.3 Å². The Labute approximate surface area is 110 Å². The number of nitrogens with zero attached hydrogens (tertiary/aromatic N) is 4. The molecule has 0 atom stereocenters. The van der Waals surface area contributed by atoms with Crippen molar-refractivity contribution in [1.82, 2.24) is 25.1 Å². The van der Waals surface area contributed by atoms with E-state index in [9.17, 15) is 0 Å². The molecule has 18 heavy (non-hydrogen) atoms. The monoisotopic (exact) mass is 264 g/mol. The minimum Gasteiger partial charge on any atom is -0.373 e. The molecular formula is C11H16N6S. The fourth-order valence-corrected chi connectivity index (χ4v) is 2.11. The zero-order valence-electron chi connectivity index (χ0n) is 10.9. The van der Waals surface area contributed by atoms with Crippen molar-refractivity contribution in [2.24, 2.45) is 0 Å². The molecule has 2 rings (SSSR count). The lowest BCUT2D eigenvalue weighted by molar-refractivity contribution is 0.754. The predicted molar refractivity (Wildman–Crippen MR) is 70.9 cm³/mol. The van der Waals surface area contributed by atoms with E-state index in [1.54, 1.807) is 0 Å². The summed E-state index contributed by atoms with van der Waals surface area (Å²) in [6.45, 7) is 6.01. The summed E-state index contributed by atoms with van der Waals surface area (Å²) in [6.07, 6.45) is 0. The first-order valence-corrected chi connectivity index (χ1v) is 6.53. The lowest BCUT2D eigenvalue weighted by Crippen LogP contribution is -2.02. The maximum Gasteiger partial charge on any atom is 0.214 e. The van der Waals surface area contributed by atoms with Crippen molar-refractivity contribution in [3.8, 4) is 0 Å². The SMILES string of the molecule is CNc1cc(Sc2n[nH]c(C)n2)nc(C(C)C)n1. The normalized spacial score (nSPS) is 10.9. The fraction of sp³-hybridized carbons (Fsp3) is 0.455. The van der Waals surface area contributed by atoms with Gasteiger partial charge in [-0.2, -0.15) is 0 Å². The van der Waals surface area contributed by atoms with Gasteiger partial charge in [-0.1, -0.05) is 13.8 Å². The molecule has 0 radical (unpaired) electrons. The Morgan fingerprint density at radius 3 is 2.61 bits per heavy atom. The van der Waals surface area contributed by atoms with Crippen LogP contribution in [0.15, 0.2) is 16.2 Å². The Morgan fingerprint density at radius 1 is 1.28 bits per heavy atom. The Kier molecular flexibility index (Phi) is 3.81. The lowest BCUT2D eigenvalue weighted by atomic mass is 10.2. The molecule has 96 valence electrons. The number of nitrogens with one attached hydrogen (secondary N) is 2. The third kappa shape index (κ3) is 2.98. The van der Waals surface area contributed by atoms with E-state index in [1.807, 2.05) is 20.0 Å². The van der Waals surface area contributed by atoms with Gasteiger partial charge in [0.15, 0.2) is 0 Å². The fourth-order valence-electron chi connectivity index (χ4n) is 1.34. The standard InChI is InChI=1S/C11H16N6S/c1-6(2)10-14-8(12-4)5-9(15-10)18-11-13-7(3)16-17-11/h5-6H,1-4H3,(H,12,14,15)(H,13,16,17). The van der Waals surface area contributed by atoms with Crippen molar-refractivity contribution < 1.29 is 0 Å². The second-order valence-electron chi connectivity index (χ2n) is 4.16. The highest BCUT2D eigenvalue weighted by molar-refractivity contribution is 7.99. The van der Waals surface area contributed by atoms with Crippen molar-refractivity contribution in [2.45, 2.75) is 36.9 Å². The summed E-state index contributed by atoms with van der Waals surface area (Å²) in [5, 5.41) is 11.5. The summed E-state index contributed by atoms with van der Waals surface area (Å²) in [5.74, 6) is 2.70. The minimum atomic E-state index is 0.284. The van der Waals surface area contributed by atoms with E-state index >= 15 is 0 Å².